The van der Waals surface area contributed by atoms with E-state index in [-0.39, 0.29) is 11.8 Å². The lowest BCUT2D eigenvalue weighted by Crippen LogP contribution is -2.26. The van der Waals surface area contributed by atoms with Gasteiger partial charge in [-0.25, -0.2) is 0 Å². The van der Waals surface area contributed by atoms with Crippen LogP contribution in [0.2, 0.25) is 0 Å². The predicted molar refractivity (Wildman–Crippen MR) is 78.3 cm³/mol. The fourth-order valence-corrected chi connectivity index (χ4v) is 2.58. The van der Waals surface area contributed by atoms with Crippen molar-refractivity contribution in [2.75, 3.05) is 5.73 Å². The van der Waals surface area contributed by atoms with Crippen molar-refractivity contribution < 1.29 is 9.66 Å². The number of ether oxygens (including phenoxy) is 1. The topological polar surface area (TPSA) is 78.4 Å². The normalized spacial score (nSPS) is 18.9. The minimum absolute atomic E-state index is 0.0579. The van der Waals surface area contributed by atoms with Gasteiger partial charge >= 0.3 is 0 Å². The number of non-ortho nitro benzene ring substituents is 1. The molecule has 1 aromatic carbocycles. The van der Waals surface area contributed by atoms with Crippen molar-refractivity contribution in [3.8, 4) is 0 Å². The minimum Gasteiger partial charge on any atom is -0.398 e. The Hall–Kier alpha value is -1.62. The first-order valence-corrected chi connectivity index (χ1v) is 7.02. The van der Waals surface area contributed by atoms with Crippen LogP contribution >= 0.6 is 0 Å². The van der Waals surface area contributed by atoms with E-state index < -0.39 is 4.92 Å². The van der Waals surface area contributed by atoms with Crippen LogP contribution in [0, 0.1) is 15.5 Å². The minimum atomic E-state index is -0.411. The first-order valence-electron chi connectivity index (χ1n) is 7.02. The monoisotopic (exact) mass is 278 g/mol. The van der Waals surface area contributed by atoms with Crippen LogP contribution in [0.4, 0.5) is 11.4 Å². The van der Waals surface area contributed by atoms with Crippen LogP contribution in [-0.2, 0) is 11.3 Å². The van der Waals surface area contributed by atoms with E-state index in [1.807, 2.05) is 0 Å². The Bertz CT molecular complexity index is 490. The molecule has 2 N–H and O–H groups in total. The van der Waals surface area contributed by atoms with Crippen LogP contribution in [0.1, 0.15) is 45.1 Å². The highest BCUT2D eigenvalue weighted by Gasteiger charge is 2.27. The van der Waals surface area contributed by atoms with Crippen LogP contribution in [-0.4, -0.2) is 11.0 Å². The second kappa shape index (κ2) is 5.79. The number of rotatable bonds is 4. The maximum Gasteiger partial charge on any atom is 0.269 e. The van der Waals surface area contributed by atoms with E-state index in [4.69, 9.17) is 10.5 Å². The van der Waals surface area contributed by atoms with Crippen molar-refractivity contribution in [3.05, 3.63) is 33.9 Å². The first kappa shape index (κ1) is 14.8. The molecule has 0 aromatic heterocycles. The zero-order chi connectivity index (χ0) is 14.8. The average Bonchev–Trinajstić information content (AvgIpc) is 2.39. The van der Waals surface area contributed by atoms with Crippen molar-refractivity contribution in [1.82, 2.24) is 0 Å². The van der Waals surface area contributed by atoms with Crippen LogP contribution < -0.4 is 5.73 Å². The van der Waals surface area contributed by atoms with Crippen molar-refractivity contribution >= 4 is 11.4 Å². The van der Waals surface area contributed by atoms with Gasteiger partial charge in [-0.1, -0.05) is 13.8 Å². The van der Waals surface area contributed by atoms with Gasteiger partial charge in [0.15, 0.2) is 0 Å². The predicted octanol–water partition coefficient (Wildman–Crippen LogP) is 3.66. The van der Waals surface area contributed by atoms with Crippen LogP contribution in [0.25, 0.3) is 0 Å². The van der Waals surface area contributed by atoms with Gasteiger partial charge in [0.1, 0.15) is 0 Å². The molecule has 1 fully saturated rings. The maximum absolute atomic E-state index is 10.8. The smallest absolute Gasteiger partial charge is 0.269 e. The second-order valence-electron chi connectivity index (χ2n) is 6.31. The number of nitro benzene ring substituents is 1. The summed E-state index contributed by atoms with van der Waals surface area (Å²) in [7, 11) is 0. The molecule has 5 nitrogen and oxygen atoms in total. The second-order valence-corrected chi connectivity index (χ2v) is 6.31. The largest absolute Gasteiger partial charge is 0.398 e. The third-order valence-electron chi connectivity index (χ3n) is 4.10. The molecule has 0 amide bonds. The molecular weight excluding hydrogens is 256 g/mol. The van der Waals surface area contributed by atoms with E-state index in [1.54, 1.807) is 6.07 Å². The van der Waals surface area contributed by atoms with Gasteiger partial charge in [-0.3, -0.25) is 10.1 Å². The van der Waals surface area contributed by atoms with Gasteiger partial charge in [0.2, 0.25) is 0 Å². The number of nitrogens with two attached hydrogens (primary N) is 1. The number of hydrogen-bond donors (Lipinski definition) is 1. The molecule has 1 aliphatic carbocycles. The average molecular weight is 278 g/mol. The van der Waals surface area contributed by atoms with E-state index in [0.29, 0.717) is 23.3 Å². The summed E-state index contributed by atoms with van der Waals surface area (Å²) in [5, 5.41) is 10.8. The Morgan fingerprint density at radius 1 is 1.40 bits per heavy atom. The SMILES string of the molecule is CC1(C)CCC(OCc2cc([N+](=O)[O-])ccc2N)CC1. The van der Waals surface area contributed by atoms with E-state index in [2.05, 4.69) is 13.8 Å². The van der Waals surface area contributed by atoms with Crippen molar-refractivity contribution in [2.45, 2.75) is 52.2 Å². The Morgan fingerprint density at radius 3 is 2.65 bits per heavy atom. The quantitative estimate of drug-likeness (QED) is 0.518. The number of nitrogen functional groups attached to an aromatic ring is 1. The summed E-state index contributed by atoms with van der Waals surface area (Å²) >= 11 is 0. The standard InChI is InChI=1S/C15H22N2O3/c1-15(2)7-5-13(6-8-15)20-10-11-9-12(17(18)19)3-4-14(11)16/h3-4,9,13H,5-8,10,16H2,1-2H3. The fourth-order valence-electron chi connectivity index (χ4n) is 2.58. The van der Waals surface area contributed by atoms with Crippen molar-refractivity contribution in [2.24, 2.45) is 5.41 Å². The maximum atomic E-state index is 10.8. The summed E-state index contributed by atoms with van der Waals surface area (Å²) in [6.07, 6.45) is 4.63. The Morgan fingerprint density at radius 2 is 2.05 bits per heavy atom. The zero-order valence-corrected chi connectivity index (χ0v) is 12.1. The molecule has 1 aliphatic rings. The molecule has 5 heteroatoms. The molecule has 0 radical (unpaired) electrons. The van der Waals surface area contributed by atoms with Gasteiger partial charge in [0.25, 0.3) is 5.69 Å². The third-order valence-corrected chi connectivity index (χ3v) is 4.10. The lowest BCUT2D eigenvalue weighted by Gasteiger charge is -2.34. The van der Waals surface area contributed by atoms with Gasteiger partial charge in [0, 0.05) is 23.4 Å². The molecule has 0 atom stereocenters. The highest BCUT2D eigenvalue weighted by molar-refractivity contribution is 5.52. The Kier molecular flexibility index (Phi) is 4.28. The number of hydrogen-bond acceptors (Lipinski definition) is 4. The molecule has 110 valence electrons. The molecule has 0 heterocycles. The molecule has 1 aromatic rings. The van der Waals surface area contributed by atoms with Crippen LogP contribution in [0.15, 0.2) is 18.2 Å². The molecule has 2 rings (SSSR count). The highest BCUT2D eigenvalue weighted by Crippen LogP contribution is 2.36. The summed E-state index contributed by atoms with van der Waals surface area (Å²) < 4.78 is 5.88. The van der Waals surface area contributed by atoms with Crippen molar-refractivity contribution in [1.29, 1.82) is 0 Å². The number of nitro groups is 1. The molecule has 0 aliphatic heterocycles. The third kappa shape index (κ3) is 3.70. The van der Waals surface area contributed by atoms with Gasteiger partial charge in [-0.2, -0.15) is 0 Å². The van der Waals surface area contributed by atoms with Gasteiger partial charge in [0.05, 0.1) is 17.6 Å². The van der Waals surface area contributed by atoms with E-state index in [9.17, 15) is 10.1 Å². The summed E-state index contributed by atoms with van der Waals surface area (Å²) in [5.41, 5.74) is 7.56. The summed E-state index contributed by atoms with van der Waals surface area (Å²) in [6, 6.07) is 4.49. The first-order chi connectivity index (χ1) is 9.37. The molecule has 0 unspecified atom stereocenters. The molecule has 0 bridgehead atoms. The Balaban J connectivity index is 1.94. The lowest BCUT2D eigenvalue weighted by atomic mass is 9.76. The lowest BCUT2D eigenvalue weighted by molar-refractivity contribution is -0.384. The van der Waals surface area contributed by atoms with E-state index >= 15 is 0 Å². The molecular formula is C15H22N2O3. The van der Waals surface area contributed by atoms with Crippen LogP contribution in [0.5, 0.6) is 0 Å². The van der Waals surface area contributed by atoms with Crippen molar-refractivity contribution in [3.63, 3.8) is 0 Å². The number of benzene rings is 1. The van der Waals surface area contributed by atoms with Crippen LogP contribution in [0.3, 0.4) is 0 Å². The molecule has 0 spiro atoms. The summed E-state index contributed by atoms with van der Waals surface area (Å²) in [6.45, 7) is 4.90. The van der Waals surface area contributed by atoms with E-state index in [1.165, 1.54) is 12.1 Å². The summed E-state index contributed by atoms with van der Waals surface area (Å²) in [5.74, 6) is 0. The molecule has 1 saturated carbocycles. The summed E-state index contributed by atoms with van der Waals surface area (Å²) in [4.78, 5) is 10.4. The molecule has 20 heavy (non-hydrogen) atoms. The van der Waals surface area contributed by atoms with E-state index in [0.717, 1.165) is 25.7 Å². The van der Waals surface area contributed by atoms with Gasteiger partial charge in [-0.05, 0) is 37.2 Å². The fraction of sp³-hybridized carbons (Fsp3) is 0.600. The Labute approximate surface area is 119 Å². The van der Waals surface area contributed by atoms with Gasteiger partial charge < -0.3 is 10.5 Å². The number of nitrogens with zero attached hydrogens (tertiary/aromatic N) is 1. The van der Waals surface area contributed by atoms with Gasteiger partial charge in [-0.15, -0.1) is 0 Å². The zero-order valence-electron chi connectivity index (χ0n) is 12.1. The highest BCUT2D eigenvalue weighted by atomic mass is 16.6. The number of anilines is 1. The molecule has 0 saturated heterocycles.